The summed E-state index contributed by atoms with van der Waals surface area (Å²) in [5, 5.41) is 10.2. The molecule has 1 aromatic carbocycles. The number of benzene rings is 1. The number of aliphatic hydroxyl groups excluding tert-OH is 1. The Kier molecular flexibility index (Phi) is 3.52. The number of hydrogen-bond donors (Lipinski definition) is 1. The number of nitrogens with zero attached hydrogens (tertiary/aromatic N) is 2. The van der Waals surface area contributed by atoms with Crippen molar-refractivity contribution < 1.29 is 14.7 Å². The zero-order valence-corrected chi connectivity index (χ0v) is 12.4. The van der Waals surface area contributed by atoms with Crippen molar-refractivity contribution in [2.45, 2.75) is 25.0 Å². The van der Waals surface area contributed by atoms with Crippen molar-refractivity contribution in [2.75, 3.05) is 13.1 Å². The van der Waals surface area contributed by atoms with Crippen LogP contribution in [0.2, 0.25) is 0 Å². The number of imide groups is 1. The Balaban J connectivity index is 1.75. The number of rotatable bonds is 3. The van der Waals surface area contributed by atoms with Crippen LogP contribution in [0.5, 0.6) is 0 Å². The summed E-state index contributed by atoms with van der Waals surface area (Å²) in [5.74, 6) is -0.179. The van der Waals surface area contributed by atoms with Gasteiger partial charge in [-0.1, -0.05) is 28.1 Å². The molecule has 2 saturated heterocycles. The third-order valence-corrected chi connectivity index (χ3v) is 4.36. The Morgan fingerprint density at radius 2 is 2.20 bits per heavy atom. The minimum Gasteiger partial charge on any atom is -0.387 e. The van der Waals surface area contributed by atoms with E-state index in [0.717, 1.165) is 17.3 Å². The highest BCUT2D eigenvalue weighted by Gasteiger charge is 2.47. The van der Waals surface area contributed by atoms with Crippen LogP contribution in [0.15, 0.2) is 28.7 Å². The average Bonchev–Trinajstić information content (AvgIpc) is 2.99. The van der Waals surface area contributed by atoms with Crippen molar-refractivity contribution in [1.29, 1.82) is 0 Å². The van der Waals surface area contributed by atoms with E-state index in [-0.39, 0.29) is 24.5 Å². The number of carbonyl (C=O) groups is 2. The lowest BCUT2D eigenvalue weighted by Gasteiger charge is -2.19. The highest BCUT2D eigenvalue weighted by molar-refractivity contribution is 9.10. The molecule has 0 aromatic heterocycles. The van der Waals surface area contributed by atoms with Gasteiger partial charge in [-0.3, -0.25) is 9.69 Å². The lowest BCUT2D eigenvalue weighted by Crippen LogP contribution is -2.36. The molecule has 2 heterocycles. The lowest BCUT2D eigenvalue weighted by atomic mass is 10.1. The average molecular weight is 339 g/mol. The first-order valence-electron chi connectivity index (χ1n) is 6.63. The fraction of sp³-hybridized carbons (Fsp3) is 0.429. The fourth-order valence-corrected chi connectivity index (χ4v) is 3.26. The van der Waals surface area contributed by atoms with E-state index in [2.05, 4.69) is 15.9 Å². The number of carbonyl (C=O) groups excluding carboxylic acids is 2. The largest absolute Gasteiger partial charge is 0.387 e. The number of halogens is 1. The first kappa shape index (κ1) is 13.6. The van der Waals surface area contributed by atoms with Crippen LogP contribution in [0.3, 0.4) is 0 Å². The summed E-state index contributed by atoms with van der Waals surface area (Å²) >= 11 is 3.34. The second-order valence-electron chi connectivity index (χ2n) is 5.15. The number of fused-ring (bicyclic) bond motifs is 1. The summed E-state index contributed by atoms with van der Waals surface area (Å²) in [4.78, 5) is 27.1. The maximum atomic E-state index is 12.2. The molecule has 0 bridgehead atoms. The molecule has 0 aliphatic carbocycles. The van der Waals surface area contributed by atoms with E-state index in [1.165, 1.54) is 4.90 Å². The van der Waals surface area contributed by atoms with Crippen molar-refractivity contribution in [1.82, 2.24) is 9.80 Å². The van der Waals surface area contributed by atoms with Crippen LogP contribution in [-0.2, 0) is 4.79 Å². The van der Waals surface area contributed by atoms with Gasteiger partial charge < -0.3 is 10.0 Å². The summed E-state index contributed by atoms with van der Waals surface area (Å²) in [6, 6.07) is 6.66. The molecule has 1 N–H and O–H groups in total. The van der Waals surface area contributed by atoms with Crippen LogP contribution in [0.4, 0.5) is 4.79 Å². The quantitative estimate of drug-likeness (QED) is 0.856. The SMILES string of the molecule is O=C1C2CCCN2C(=O)N1CC(O)c1cccc(Br)c1. The molecular formula is C14H15BrN2O3. The van der Waals surface area contributed by atoms with Crippen LogP contribution in [0.25, 0.3) is 0 Å². The lowest BCUT2D eigenvalue weighted by molar-refractivity contribution is -0.128. The van der Waals surface area contributed by atoms with Gasteiger partial charge in [-0.2, -0.15) is 0 Å². The van der Waals surface area contributed by atoms with E-state index in [1.807, 2.05) is 12.1 Å². The standard InChI is InChI=1S/C14H15BrN2O3/c15-10-4-1-3-9(7-10)12(18)8-17-13(19)11-5-2-6-16(11)14(17)20/h1,3-4,7,11-12,18H,2,5-6,8H2. The molecule has 106 valence electrons. The molecule has 20 heavy (non-hydrogen) atoms. The number of urea groups is 1. The summed E-state index contributed by atoms with van der Waals surface area (Å²) in [7, 11) is 0. The molecule has 2 atom stereocenters. The Morgan fingerprint density at radius 1 is 1.40 bits per heavy atom. The molecule has 6 heteroatoms. The Morgan fingerprint density at radius 3 is 2.90 bits per heavy atom. The molecule has 0 saturated carbocycles. The van der Waals surface area contributed by atoms with Crippen molar-refractivity contribution in [3.8, 4) is 0 Å². The Hall–Kier alpha value is -1.40. The summed E-state index contributed by atoms with van der Waals surface area (Å²) in [6.45, 7) is 0.653. The van der Waals surface area contributed by atoms with Crippen molar-refractivity contribution in [3.05, 3.63) is 34.3 Å². The molecule has 5 nitrogen and oxygen atoms in total. The molecule has 3 amide bonds. The van der Waals surface area contributed by atoms with Gasteiger partial charge in [0, 0.05) is 11.0 Å². The van der Waals surface area contributed by atoms with Crippen molar-refractivity contribution in [2.24, 2.45) is 0 Å². The van der Waals surface area contributed by atoms with Gasteiger partial charge >= 0.3 is 6.03 Å². The molecular weight excluding hydrogens is 324 g/mol. The maximum absolute atomic E-state index is 12.2. The molecule has 2 aliphatic heterocycles. The Labute approximate surface area is 125 Å². The predicted molar refractivity (Wildman–Crippen MR) is 75.9 cm³/mol. The highest BCUT2D eigenvalue weighted by atomic mass is 79.9. The van der Waals surface area contributed by atoms with Gasteiger partial charge in [0.25, 0.3) is 5.91 Å². The maximum Gasteiger partial charge on any atom is 0.327 e. The first-order valence-corrected chi connectivity index (χ1v) is 7.43. The highest BCUT2D eigenvalue weighted by Crippen LogP contribution is 2.29. The molecule has 2 fully saturated rings. The van der Waals surface area contributed by atoms with Gasteiger partial charge in [-0.15, -0.1) is 0 Å². The van der Waals surface area contributed by atoms with Crippen LogP contribution in [0.1, 0.15) is 24.5 Å². The van der Waals surface area contributed by atoms with Gasteiger partial charge in [-0.25, -0.2) is 4.79 Å². The molecule has 2 aliphatic rings. The summed E-state index contributed by atoms with van der Waals surface area (Å²) in [5.41, 5.74) is 0.687. The van der Waals surface area contributed by atoms with Gasteiger partial charge in [0.2, 0.25) is 0 Å². The zero-order valence-electron chi connectivity index (χ0n) is 10.8. The van der Waals surface area contributed by atoms with E-state index in [9.17, 15) is 14.7 Å². The van der Waals surface area contributed by atoms with Crippen LogP contribution < -0.4 is 0 Å². The van der Waals surface area contributed by atoms with E-state index in [4.69, 9.17) is 0 Å². The smallest absolute Gasteiger partial charge is 0.327 e. The van der Waals surface area contributed by atoms with Crippen LogP contribution in [0, 0.1) is 0 Å². The van der Waals surface area contributed by atoms with E-state index < -0.39 is 6.10 Å². The number of aliphatic hydroxyl groups is 1. The number of amides is 3. The van der Waals surface area contributed by atoms with Crippen LogP contribution >= 0.6 is 15.9 Å². The summed E-state index contributed by atoms with van der Waals surface area (Å²) in [6.07, 6.45) is 0.749. The second kappa shape index (κ2) is 5.18. The summed E-state index contributed by atoms with van der Waals surface area (Å²) < 4.78 is 0.855. The predicted octanol–water partition coefficient (Wildman–Crippen LogP) is 1.91. The fourth-order valence-electron chi connectivity index (χ4n) is 2.84. The number of β-amino-alcohol motifs (C(OH)–C–C–N with tert-alkyl or cyclic N) is 1. The molecule has 1 aromatic rings. The normalized spacial score (nSPS) is 23.4. The monoisotopic (exact) mass is 338 g/mol. The molecule has 2 unspecified atom stereocenters. The van der Waals surface area contributed by atoms with Gasteiger partial charge in [0.1, 0.15) is 6.04 Å². The van der Waals surface area contributed by atoms with Crippen LogP contribution in [-0.4, -0.2) is 46.0 Å². The minimum absolute atomic E-state index is 0.0150. The Bertz CT molecular complexity index is 541. The van der Waals surface area contributed by atoms with Gasteiger partial charge in [-0.05, 0) is 30.5 Å². The topological polar surface area (TPSA) is 60.9 Å². The number of hydrogen-bond acceptors (Lipinski definition) is 3. The van der Waals surface area contributed by atoms with Gasteiger partial charge in [0.15, 0.2) is 0 Å². The third kappa shape index (κ3) is 2.23. The van der Waals surface area contributed by atoms with E-state index in [1.54, 1.807) is 17.0 Å². The van der Waals surface area contributed by atoms with E-state index in [0.29, 0.717) is 12.1 Å². The van der Waals surface area contributed by atoms with Crippen molar-refractivity contribution in [3.63, 3.8) is 0 Å². The second-order valence-corrected chi connectivity index (χ2v) is 6.07. The first-order chi connectivity index (χ1) is 9.58. The zero-order chi connectivity index (χ0) is 14.3. The molecule has 0 radical (unpaired) electrons. The van der Waals surface area contributed by atoms with E-state index >= 15 is 0 Å². The third-order valence-electron chi connectivity index (χ3n) is 3.87. The molecule has 3 rings (SSSR count). The molecule has 0 spiro atoms. The van der Waals surface area contributed by atoms with Gasteiger partial charge in [0.05, 0.1) is 12.6 Å². The minimum atomic E-state index is -0.861. The van der Waals surface area contributed by atoms with Crippen molar-refractivity contribution >= 4 is 27.9 Å².